The van der Waals surface area contributed by atoms with E-state index in [9.17, 15) is 18.8 Å². The summed E-state index contributed by atoms with van der Waals surface area (Å²) in [4.78, 5) is 38.2. The van der Waals surface area contributed by atoms with Crippen LogP contribution in [0.3, 0.4) is 0 Å². The molecule has 1 fully saturated rings. The Morgan fingerprint density at radius 3 is 2.62 bits per heavy atom. The molecule has 6 nitrogen and oxygen atoms in total. The zero-order chi connectivity index (χ0) is 22.8. The first kappa shape index (κ1) is 21.9. The van der Waals surface area contributed by atoms with E-state index in [2.05, 4.69) is 5.32 Å². The van der Waals surface area contributed by atoms with E-state index in [1.54, 1.807) is 24.3 Å². The fraction of sp³-hybridized carbons (Fsp3) is 0.0870. The summed E-state index contributed by atoms with van der Waals surface area (Å²) in [6.07, 6.45) is 1.43. The highest BCUT2D eigenvalue weighted by Crippen LogP contribution is 2.33. The standard InChI is InChI=1S/C23H16ClFN2O4S/c1-13-2-5-15(6-3-13)26-21(28)12-27-22(29)20(32-23(27)30)11-16-7-9-19(31-16)14-4-8-18(25)17(24)10-14/h2-11H,12H2,1H3,(H,26,28). The third-order valence-electron chi connectivity index (χ3n) is 4.61. The fourth-order valence-corrected chi connectivity index (χ4v) is 3.98. The number of amides is 3. The smallest absolute Gasteiger partial charge is 0.294 e. The molecule has 0 saturated carbocycles. The van der Waals surface area contributed by atoms with Crippen LogP contribution in [0.5, 0.6) is 0 Å². The van der Waals surface area contributed by atoms with Gasteiger partial charge in [0.05, 0.1) is 9.93 Å². The van der Waals surface area contributed by atoms with Crippen LogP contribution in [0.15, 0.2) is 63.9 Å². The summed E-state index contributed by atoms with van der Waals surface area (Å²) in [5, 5.41) is 2.08. The lowest BCUT2D eigenvalue weighted by Crippen LogP contribution is -2.36. The highest BCUT2D eigenvalue weighted by Gasteiger charge is 2.36. The summed E-state index contributed by atoms with van der Waals surface area (Å²) in [6, 6.07) is 14.6. The van der Waals surface area contributed by atoms with Crippen molar-refractivity contribution in [2.75, 3.05) is 11.9 Å². The van der Waals surface area contributed by atoms with Gasteiger partial charge in [-0.25, -0.2) is 4.39 Å². The molecule has 32 heavy (non-hydrogen) atoms. The summed E-state index contributed by atoms with van der Waals surface area (Å²) in [7, 11) is 0. The molecule has 0 radical (unpaired) electrons. The molecule has 0 unspecified atom stereocenters. The number of carbonyl (C=O) groups excluding carboxylic acids is 3. The Bertz CT molecular complexity index is 1250. The number of nitrogens with zero attached hydrogens (tertiary/aromatic N) is 1. The summed E-state index contributed by atoms with van der Waals surface area (Å²) in [5.74, 6) is -0.847. The molecule has 1 aliphatic heterocycles. The van der Waals surface area contributed by atoms with Gasteiger partial charge in [-0.3, -0.25) is 19.3 Å². The van der Waals surface area contributed by atoms with Crippen LogP contribution in [0.25, 0.3) is 17.4 Å². The number of nitrogens with one attached hydrogen (secondary N) is 1. The van der Waals surface area contributed by atoms with Gasteiger partial charge in [0.15, 0.2) is 0 Å². The second-order valence-corrected chi connectivity index (χ2v) is 8.41. The third kappa shape index (κ3) is 4.76. The lowest BCUT2D eigenvalue weighted by molar-refractivity contribution is -0.127. The maximum absolute atomic E-state index is 13.4. The van der Waals surface area contributed by atoms with Gasteiger partial charge in [0, 0.05) is 17.3 Å². The van der Waals surface area contributed by atoms with E-state index in [4.69, 9.17) is 16.0 Å². The molecule has 0 spiro atoms. The van der Waals surface area contributed by atoms with Gasteiger partial charge in [-0.1, -0.05) is 29.3 Å². The first-order valence-electron chi connectivity index (χ1n) is 9.47. The van der Waals surface area contributed by atoms with Gasteiger partial charge in [0.1, 0.15) is 23.9 Å². The Labute approximate surface area is 192 Å². The summed E-state index contributed by atoms with van der Waals surface area (Å²) in [6.45, 7) is 1.53. The van der Waals surface area contributed by atoms with Gasteiger partial charge in [-0.2, -0.15) is 0 Å². The van der Waals surface area contributed by atoms with E-state index in [1.165, 1.54) is 24.3 Å². The van der Waals surface area contributed by atoms with Crippen LogP contribution in [0.1, 0.15) is 11.3 Å². The van der Waals surface area contributed by atoms with Crippen LogP contribution < -0.4 is 5.32 Å². The van der Waals surface area contributed by atoms with E-state index in [0.717, 1.165) is 22.2 Å². The molecule has 0 atom stereocenters. The van der Waals surface area contributed by atoms with Crippen molar-refractivity contribution >= 4 is 52.2 Å². The van der Waals surface area contributed by atoms with E-state index in [0.29, 0.717) is 22.8 Å². The fourth-order valence-electron chi connectivity index (χ4n) is 2.98. The zero-order valence-corrected chi connectivity index (χ0v) is 18.3. The quantitative estimate of drug-likeness (QED) is 0.482. The lowest BCUT2D eigenvalue weighted by atomic mass is 10.2. The van der Waals surface area contributed by atoms with Crippen LogP contribution >= 0.6 is 23.4 Å². The molecular weight excluding hydrogens is 455 g/mol. The van der Waals surface area contributed by atoms with Gasteiger partial charge < -0.3 is 9.73 Å². The van der Waals surface area contributed by atoms with Crippen LogP contribution in [0.2, 0.25) is 5.02 Å². The normalized spacial score (nSPS) is 15.0. The van der Waals surface area contributed by atoms with Crippen molar-refractivity contribution < 1.29 is 23.2 Å². The van der Waals surface area contributed by atoms with Crippen LogP contribution in [-0.4, -0.2) is 28.5 Å². The highest BCUT2D eigenvalue weighted by molar-refractivity contribution is 8.18. The van der Waals surface area contributed by atoms with E-state index in [-0.39, 0.29) is 9.93 Å². The van der Waals surface area contributed by atoms with Crippen molar-refractivity contribution in [3.05, 3.63) is 81.7 Å². The Kier molecular flexibility index (Phi) is 6.16. The number of aryl methyl sites for hydroxylation is 1. The number of carbonyl (C=O) groups is 3. The Hall–Kier alpha value is -3.36. The molecule has 3 aromatic rings. The molecule has 0 aliphatic carbocycles. The first-order chi connectivity index (χ1) is 15.3. The Balaban J connectivity index is 1.45. The minimum absolute atomic E-state index is 0.0366. The number of halogens is 2. The number of hydrogen-bond donors (Lipinski definition) is 1. The van der Waals surface area contributed by atoms with Gasteiger partial charge in [-0.15, -0.1) is 0 Å². The average Bonchev–Trinajstić information content (AvgIpc) is 3.32. The predicted octanol–water partition coefficient (Wildman–Crippen LogP) is 5.72. The van der Waals surface area contributed by atoms with Crippen molar-refractivity contribution in [1.82, 2.24) is 4.90 Å². The molecule has 1 N–H and O–H groups in total. The number of imide groups is 1. The molecule has 9 heteroatoms. The molecule has 2 heterocycles. The summed E-state index contributed by atoms with van der Waals surface area (Å²) < 4.78 is 19.0. The molecule has 162 valence electrons. The zero-order valence-electron chi connectivity index (χ0n) is 16.7. The Morgan fingerprint density at radius 1 is 1.16 bits per heavy atom. The van der Waals surface area contributed by atoms with Crippen molar-refractivity contribution in [2.24, 2.45) is 0 Å². The summed E-state index contributed by atoms with van der Waals surface area (Å²) in [5.41, 5.74) is 2.19. The number of rotatable bonds is 5. The van der Waals surface area contributed by atoms with Crippen LogP contribution in [0, 0.1) is 12.7 Å². The second-order valence-electron chi connectivity index (χ2n) is 7.01. The van der Waals surface area contributed by atoms with E-state index >= 15 is 0 Å². The van der Waals surface area contributed by atoms with Crippen molar-refractivity contribution in [2.45, 2.75) is 6.92 Å². The minimum Gasteiger partial charge on any atom is -0.457 e. The molecule has 3 amide bonds. The maximum atomic E-state index is 13.4. The van der Waals surface area contributed by atoms with Crippen LogP contribution in [0.4, 0.5) is 14.9 Å². The maximum Gasteiger partial charge on any atom is 0.294 e. The van der Waals surface area contributed by atoms with Crippen molar-refractivity contribution in [3.8, 4) is 11.3 Å². The molecular formula is C23H16ClFN2O4S. The highest BCUT2D eigenvalue weighted by atomic mass is 35.5. The molecule has 1 saturated heterocycles. The predicted molar refractivity (Wildman–Crippen MR) is 122 cm³/mol. The van der Waals surface area contributed by atoms with E-state index in [1.807, 2.05) is 19.1 Å². The minimum atomic E-state index is -0.582. The molecule has 1 aliphatic rings. The third-order valence-corrected chi connectivity index (χ3v) is 5.81. The monoisotopic (exact) mass is 470 g/mol. The number of furan rings is 1. The van der Waals surface area contributed by atoms with Gasteiger partial charge in [0.25, 0.3) is 11.1 Å². The SMILES string of the molecule is Cc1ccc(NC(=O)CN2C(=O)SC(=Cc3ccc(-c4ccc(F)c(Cl)c4)o3)C2=O)cc1. The lowest BCUT2D eigenvalue weighted by Gasteiger charge is -2.12. The largest absolute Gasteiger partial charge is 0.457 e. The second kappa shape index (κ2) is 9.02. The van der Waals surface area contributed by atoms with Gasteiger partial charge in [-0.05, 0) is 61.2 Å². The number of benzene rings is 2. The summed E-state index contributed by atoms with van der Waals surface area (Å²) >= 11 is 6.53. The van der Waals surface area contributed by atoms with Gasteiger partial charge >= 0.3 is 0 Å². The average molecular weight is 471 g/mol. The first-order valence-corrected chi connectivity index (χ1v) is 10.7. The molecule has 4 rings (SSSR count). The number of hydrogen-bond acceptors (Lipinski definition) is 5. The van der Waals surface area contributed by atoms with Gasteiger partial charge in [0.2, 0.25) is 5.91 Å². The van der Waals surface area contributed by atoms with Crippen molar-refractivity contribution in [1.29, 1.82) is 0 Å². The number of anilines is 1. The molecule has 2 aromatic carbocycles. The van der Waals surface area contributed by atoms with Crippen molar-refractivity contribution in [3.63, 3.8) is 0 Å². The Morgan fingerprint density at radius 2 is 1.91 bits per heavy atom. The molecule has 0 bridgehead atoms. The molecule has 1 aromatic heterocycles. The van der Waals surface area contributed by atoms with Crippen LogP contribution in [-0.2, 0) is 9.59 Å². The topological polar surface area (TPSA) is 79.6 Å². The van der Waals surface area contributed by atoms with E-state index < -0.39 is 29.4 Å². The number of thioether (sulfide) groups is 1.